The van der Waals surface area contributed by atoms with E-state index in [-0.39, 0.29) is 62.5 Å². The number of urea groups is 1. The van der Waals surface area contributed by atoms with E-state index in [1.807, 2.05) is 31.2 Å². The fourth-order valence-electron chi connectivity index (χ4n) is 8.88. The smallest absolute Gasteiger partial charge is 0.325 e. The molecule has 13 N–H and O–H groups in total. The number of hydrogen-bond acceptors (Lipinski definition) is 13. The lowest BCUT2D eigenvalue weighted by Crippen LogP contribution is -2.60. The number of nitrogens with one attached hydrogen (secondary N) is 9. The van der Waals surface area contributed by atoms with Gasteiger partial charge < -0.3 is 58.7 Å². The number of hydrogen-bond donors (Lipinski definition) is 11. The van der Waals surface area contributed by atoms with Crippen LogP contribution in [0.25, 0.3) is 10.9 Å². The molecule has 2 aliphatic rings. The van der Waals surface area contributed by atoms with Gasteiger partial charge in [0.25, 0.3) is 5.91 Å². The van der Waals surface area contributed by atoms with Crippen molar-refractivity contribution in [2.75, 3.05) is 18.1 Å². The molecule has 4 heterocycles. The first-order valence-electron chi connectivity index (χ1n) is 25.3. The average molecular weight is 1090 g/mol. The molecule has 4 aromatic rings. The first kappa shape index (κ1) is 57.9. The van der Waals surface area contributed by atoms with Crippen LogP contribution in [0.2, 0.25) is 0 Å². The van der Waals surface area contributed by atoms with Gasteiger partial charge in [0.05, 0.1) is 24.3 Å². The van der Waals surface area contributed by atoms with Gasteiger partial charge in [0.15, 0.2) is 11.7 Å². The van der Waals surface area contributed by atoms with Crippen LogP contribution in [0.15, 0.2) is 78.3 Å². The summed E-state index contributed by atoms with van der Waals surface area (Å²) in [4.78, 5) is 143. The summed E-state index contributed by atoms with van der Waals surface area (Å²) >= 11 is 0. The van der Waals surface area contributed by atoms with Crippen LogP contribution in [0.5, 0.6) is 0 Å². The number of aromatic nitrogens is 3. The molecule has 2 aliphatic heterocycles. The van der Waals surface area contributed by atoms with E-state index in [1.54, 1.807) is 43.5 Å². The van der Waals surface area contributed by atoms with Crippen LogP contribution >= 0.6 is 21.6 Å². The number of para-hydroxylation sites is 1. The van der Waals surface area contributed by atoms with Crippen molar-refractivity contribution in [2.45, 2.75) is 127 Å². The summed E-state index contributed by atoms with van der Waals surface area (Å²) in [5.74, 6) is -6.69. The highest BCUT2D eigenvalue weighted by atomic mass is 33.1. The number of rotatable bonds is 16. The van der Waals surface area contributed by atoms with Crippen molar-refractivity contribution in [1.82, 2.24) is 57.1 Å². The zero-order valence-corrected chi connectivity index (χ0v) is 44.5. The number of aromatic amines is 2. The molecule has 0 unspecified atom stereocenters. The van der Waals surface area contributed by atoms with Gasteiger partial charge in [-0.3, -0.25) is 48.2 Å². The first-order chi connectivity index (χ1) is 36.4. The molecule has 0 radical (unpaired) electrons. The Hall–Kier alpha value is -7.41. The summed E-state index contributed by atoms with van der Waals surface area (Å²) in [5.41, 5.74) is 13.7. The molecule has 76 heavy (non-hydrogen) atoms. The number of imide groups is 1. The van der Waals surface area contributed by atoms with E-state index >= 15 is 0 Å². The van der Waals surface area contributed by atoms with E-state index in [1.165, 1.54) is 37.2 Å². The Morgan fingerprint density at radius 1 is 0.711 bits per heavy atom. The number of nitrogens with zero attached hydrogens (tertiary/aromatic N) is 3. The van der Waals surface area contributed by atoms with Crippen molar-refractivity contribution in [3.8, 4) is 0 Å². The van der Waals surface area contributed by atoms with Crippen LogP contribution in [-0.2, 0) is 57.6 Å². The van der Waals surface area contributed by atoms with Crippen LogP contribution in [-0.4, -0.2) is 145 Å². The van der Waals surface area contributed by atoms with Crippen molar-refractivity contribution < 1.29 is 43.2 Å². The van der Waals surface area contributed by atoms with Gasteiger partial charge in [0.2, 0.25) is 35.4 Å². The fraction of sp³-hybridized carbons (Fsp3) is 0.471. The highest BCUT2D eigenvalue weighted by molar-refractivity contribution is 8.76. The Kier molecular flexibility index (Phi) is 21.3. The summed E-state index contributed by atoms with van der Waals surface area (Å²) in [6.45, 7) is 6.29. The first-order valence-corrected chi connectivity index (χ1v) is 27.7. The molecule has 0 spiro atoms. The summed E-state index contributed by atoms with van der Waals surface area (Å²) in [7, 11) is 2.34. The van der Waals surface area contributed by atoms with Crippen molar-refractivity contribution >= 4 is 91.6 Å². The number of imidazole rings is 1. The number of carbonyl (C=O) groups is 9. The predicted octanol–water partition coefficient (Wildman–Crippen LogP) is 1.00. The molecule has 25 heteroatoms. The number of unbranched alkanes of at least 4 members (excludes halogenated alkanes) is 1. The van der Waals surface area contributed by atoms with Crippen LogP contribution < -0.4 is 48.7 Å². The molecule has 23 nitrogen and oxygen atoms in total. The number of H-pyrrole nitrogens is 2. The molecule has 2 aromatic carbocycles. The van der Waals surface area contributed by atoms with Crippen molar-refractivity contribution in [3.63, 3.8) is 0 Å². The van der Waals surface area contributed by atoms with Gasteiger partial charge in [-0.2, -0.15) is 0 Å². The van der Waals surface area contributed by atoms with Gasteiger partial charge in [-0.05, 0) is 57.2 Å². The molecule has 9 atom stereocenters. The monoisotopic (exact) mass is 1080 g/mol. The minimum Gasteiger partial charge on any atom is -0.370 e. The maximum atomic E-state index is 14.7. The standard InChI is InChI=1S/C51H68N14O9S2/c1-5-6-18-42(65-49(73)29(3)59-51(65)74)35-25-75-76-26-41(30(4)66)64-47(71)39(21-32-23-56-36-16-11-10-15-34(32)36)63-45(69)37(17-12-19-55-50(52)53)60-46(70)38(20-31-13-8-7-9-14-31)62-48(72)40(22-33-24-54-27-57-33)61-43(67)28(2)58-44(35)68/h7-11,13-16,23-24,27-29,35,37-42,56H,5-6,12,17-22,25-26H2,1-4H3,(H,54,57)(H,58,68)(H,59,74)(H,60,70)(H,61,67)(H,62,72)(H,63,69)(H,64,71)(H4,52,53,55)/t28-,29-,35-,37+,38-,39+,40+,41+,42+/m1/s1. The van der Waals surface area contributed by atoms with E-state index in [0.717, 1.165) is 26.6 Å². The molecule has 0 bridgehead atoms. The number of nitrogens with two attached hydrogens (primary N) is 2. The quantitative estimate of drug-likeness (QED) is 0.0245. The van der Waals surface area contributed by atoms with Gasteiger partial charge in [-0.25, -0.2) is 9.78 Å². The van der Waals surface area contributed by atoms with Gasteiger partial charge in [-0.15, -0.1) is 0 Å². The molecule has 2 fully saturated rings. The van der Waals surface area contributed by atoms with E-state index in [4.69, 9.17) is 11.5 Å². The van der Waals surface area contributed by atoms with E-state index in [2.05, 4.69) is 57.2 Å². The van der Waals surface area contributed by atoms with Crippen LogP contribution in [0.1, 0.15) is 76.6 Å². The molecular weight excluding hydrogens is 1020 g/mol. The van der Waals surface area contributed by atoms with E-state index in [0.29, 0.717) is 29.7 Å². The Labute approximate surface area is 448 Å². The van der Waals surface area contributed by atoms with E-state index in [9.17, 15) is 43.2 Å². The Balaban J connectivity index is 1.41. The zero-order valence-electron chi connectivity index (χ0n) is 42.9. The minimum absolute atomic E-state index is 0.00252. The second kappa shape index (κ2) is 27.9. The highest BCUT2D eigenvalue weighted by Gasteiger charge is 2.45. The third-order valence-corrected chi connectivity index (χ3v) is 15.6. The number of aliphatic imine (C=N–C) groups is 1. The Bertz CT molecular complexity index is 2720. The molecular formula is C51H68N14O9S2. The number of carbonyl (C=O) groups excluding carboxylic acids is 9. The minimum atomic E-state index is -1.36. The highest BCUT2D eigenvalue weighted by Crippen LogP contribution is 2.31. The SMILES string of the molecule is CCCC[C@@H]([C@H]1CSSC[C@@H](C(C)=O)NC(=O)[C@H](Cc2c[nH]c3ccccc23)NC(=O)[C@H](CCCN=C(N)N)NC(=O)[C@@H](Cc2ccccc2)NC(=O)[C@H](Cc2cnc[nH]2)NC(=O)[C@@H](C)NC1=O)N1C(=O)N[C@H](C)C1=O. The third-order valence-electron chi connectivity index (χ3n) is 13.1. The Morgan fingerprint density at radius 3 is 2.00 bits per heavy atom. The fourth-order valence-corrected chi connectivity index (χ4v) is 11.5. The summed E-state index contributed by atoms with van der Waals surface area (Å²) in [5, 5.41) is 20.2. The number of ketones is 1. The molecule has 2 aromatic heterocycles. The van der Waals surface area contributed by atoms with Gasteiger partial charge in [0.1, 0.15) is 36.3 Å². The van der Waals surface area contributed by atoms with Gasteiger partial charge in [0, 0.05) is 66.3 Å². The number of benzene rings is 2. The van der Waals surface area contributed by atoms with Crippen LogP contribution in [0.4, 0.5) is 4.79 Å². The second-order valence-corrected chi connectivity index (χ2v) is 21.4. The summed E-state index contributed by atoms with van der Waals surface area (Å²) in [6, 6.07) is 6.01. The van der Waals surface area contributed by atoms with Gasteiger partial charge in [-0.1, -0.05) is 89.9 Å². The Morgan fingerprint density at radius 2 is 1.34 bits per heavy atom. The normalized spacial score (nSPS) is 24.3. The molecule has 0 saturated carbocycles. The number of fused-ring (bicyclic) bond motifs is 1. The lowest BCUT2D eigenvalue weighted by Gasteiger charge is -2.33. The average Bonchev–Trinajstić information content (AvgIpc) is 4.13. The van der Waals surface area contributed by atoms with Crippen LogP contribution in [0, 0.1) is 5.92 Å². The third kappa shape index (κ3) is 16.1. The second-order valence-electron chi connectivity index (χ2n) is 18.9. The molecule has 6 rings (SSSR count). The molecule has 2 saturated heterocycles. The van der Waals surface area contributed by atoms with Crippen LogP contribution in [0.3, 0.4) is 0 Å². The lowest BCUT2D eigenvalue weighted by molar-refractivity contribution is -0.136. The van der Waals surface area contributed by atoms with Crippen molar-refractivity contribution in [3.05, 3.63) is 90.1 Å². The topological polar surface area (TPSA) is 350 Å². The van der Waals surface area contributed by atoms with E-state index < -0.39 is 107 Å². The number of amides is 9. The maximum absolute atomic E-state index is 14.7. The van der Waals surface area contributed by atoms with Crippen molar-refractivity contribution in [2.24, 2.45) is 22.4 Å². The summed E-state index contributed by atoms with van der Waals surface area (Å²) < 4.78 is 0. The van der Waals surface area contributed by atoms with Crippen molar-refractivity contribution in [1.29, 1.82) is 0 Å². The predicted molar refractivity (Wildman–Crippen MR) is 289 cm³/mol. The number of guanidine groups is 1. The zero-order chi connectivity index (χ0) is 54.9. The number of Topliss-reactive ketones (excluding diaryl/α,β-unsaturated/α-hetero) is 1. The molecule has 0 aliphatic carbocycles. The lowest BCUT2D eigenvalue weighted by atomic mass is 9.93. The maximum Gasteiger partial charge on any atom is 0.325 e. The largest absolute Gasteiger partial charge is 0.370 e. The summed E-state index contributed by atoms with van der Waals surface area (Å²) in [6.07, 6.45) is 5.96. The van der Waals surface area contributed by atoms with Gasteiger partial charge >= 0.3 is 6.03 Å². The molecule has 9 amide bonds. The molecule has 408 valence electrons.